The van der Waals surface area contributed by atoms with Gasteiger partial charge in [-0.3, -0.25) is 0 Å². The summed E-state index contributed by atoms with van der Waals surface area (Å²) in [6, 6.07) is 18.1. The monoisotopic (exact) mass is 539 g/mol. The Morgan fingerprint density at radius 3 is 2.55 bits per heavy atom. The highest BCUT2D eigenvalue weighted by Gasteiger charge is 2.35. The summed E-state index contributed by atoms with van der Waals surface area (Å²) in [6.45, 7) is 6.20. The van der Waals surface area contributed by atoms with E-state index in [1.807, 2.05) is 50.2 Å². The molecule has 0 spiro atoms. The van der Waals surface area contributed by atoms with Crippen LogP contribution in [0.4, 0.5) is 4.39 Å². The molecule has 1 unspecified atom stereocenters. The first-order valence-corrected chi connectivity index (χ1v) is 13.3. The van der Waals surface area contributed by atoms with Crippen LogP contribution in [-0.2, 0) is 11.2 Å². The van der Waals surface area contributed by atoms with Gasteiger partial charge in [-0.2, -0.15) is 0 Å². The van der Waals surface area contributed by atoms with E-state index in [4.69, 9.17) is 16.3 Å². The second-order valence-corrected chi connectivity index (χ2v) is 11.3. The number of aliphatic hydroxyl groups excluding tert-OH is 1. The van der Waals surface area contributed by atoms with Crippen molar-refractivity contribution in [1.29, 1.82) is 0 Å². The number of carboxylic acid groups (broad SMARTS) is 1. The summed E-state index contributed by atoms with van der Waals surface area (Å²) >= 11 is 5.87. The molecule has 3 aromatic carbocycles. The molecular weight excluding hydrogens is 505 g/mol. The van der Waals surface area contributed by atoms with Gasteiger partial charge in [0.2, 0.25) is 0 Å². The van der Waals surface area contributed by atoms with E-state index < -0.39 is 17.6 Å². The van der Waals surface area contributed by atoms with Crippen molar-refractivity contribution in [2.75, 3.05) is 13.2 Å². The van der Waals surface area contributed by atoms with E-state index in [-0.39, 0.29) is 18.5 Å². The quantitative estimate of drug-likeness (QED) is 0.242. The van der Waals surface area contributed by atoms with E-state index >= 15 is 0 Å². The molecular formula is C31H35ClFNO4. The van der Waals surface area contributed by atoms with Crippen LogP contribution in [0, 0.1) is 18.7 Å². The molecule has 1 aliphatic rings. The third-order valence-corrected chi connectivity index (χ3v) is 7.25. The first kappa shape index (κ1) is 28.2. The number of aliphatic hydroxyl groups is 1. The van der Waals surface area contributed by atoms with Gasteiger partial charge in [-0.05, 0) is 92.0 Å². The van der Waals surface area contributed by atoms with Gasteiger partial charge in [0.05, 0.1) is 24.4 Å². The van der Waals surface area contributed by atoms with Gasteiger partial charge in [-0.1, -0.05) is 54.1 Å². The summed E-state index contributed by atoms with van der Waals surface area (Å²) < 4.78 is 20.6. The second kappa shape index (κ2) is 12.0. The van der Waals surface area contributed by atoms with Crippen LogP contribution in [0.15, 0.2) is 60.7 Å². The highest BCUT2D eigenvalue weighted by atomic mass is 35.5. The Morgan fingerprint density at radius 2 is 1.89 bits per heavy atom. The SMILES string of the molecule is Cc1cc(-c2ccccc2C(OC[C@@H](O)CNC(C)(C)Cc2ccc(Cl)cc2F)C2CC2)ccc1C(=O)O. The fourth-order valence-electron chi connectivity index (χ4n) is 4.83. The van der Waals surface area contributed by atoms with Crippen LogP contribution in [-0.4, -0.2) is 41.0 Å². The molecule has 0 saturated heterocycles. The molecule has 0 aliphatic heterocycles. The first-order chi connectivity index (χ1) is 18.0. The van der Waals surface area contributed by atoms with Gasteiger partial charge < -0.3 is 20.3 Å². The van der Waals surface area contributed by atoms with E-state index in [2.05, 4.69) is 5.32 Å². The van der Waals surface area contributed by atoms with Gasteiger partial charge in [0, 0.05) is 17.1 Å². The largest absolute Gasteiger partial charge is 0.478 e. The number of benzene rings is 3. The van der Waals surface area contributed by atoms with Gasteiger partial charge >= 0.3 is 5.97 Å². The van der Waals surface area contributed by atoms with Gasteiger partial charge in [0.25, 0.3) is 0 Å². The lowest BCUT2D eigenvalue weighted by Gasteiger charge is -2.29. The fourth-order valence-corrected chi connectivity index (χ4v) is 4.99. The number of carbonyl (C=O) groups is 1. The minimum atomic E-state index is -0.939. The Kier molecular flexibility index (Phi) is 8.89. The number of aromatic carboxylic acids is 1. The lowest BCUT2D eigenvalue weighted by Crippen LogP contribution is -2.46. The van der Waals surface area contributed by atoms with Crippen molar-refractivity contribution in [2.24, 2.45) is 5.92 Å². The first-order valence-electron chi connectivity index (χ1n) is 13.0. The predicted molar refractivity (Wildman–Crippen MR) is 148 cm³/mol. The summed E-state index contributed by atoms with van der Waals surface area (Å²) in [5, 5.41) is 23.8. The Balaban J connectivity index is 1.41. The third-order valence-electron chi connectivity index (χ3n) is 7.02. The van der Waals surface area contributed by atoms with Gasteiger partial charge in [0.1, 0.15) is 5.82 Å². The Labute approximate surface area is 228 Å². The maximum atomic E-state index is 14.3. The number of halogens is 2. The van der Waals surface area contributed by atoms with Crippen LogP contribution in [0.3, 0.4) is 0 Å². The second-order valence-electron chi connectivity index (χ2n) is 10.8. The number of nitrogens with one attached hydrogen (secondary N) is 1. The summed E-state index contributed by atoms with van der Waals surface area (Å²) in [7, 11) is 0. The van der Waals surface area contributed by atoms with Crippen molar-refractivity contribution in [3.63, 3.8) is 0 Å². The molecule has 4 rings (SSSR count). The molecule has 0 heterocycles. The summed E-state index contributed by atoms with van der Waals surface area (Å²) in [6.07, 6.45) is 1.65. The molecule has 2 atom stereocenters. The van der Waals surface area contributed by atoms with Crippen LogP contribution in [0.1, 0.15) is 59.8 Å². The molecule has 7 heteroatoms. The van der Waals surface area contributed by atoms with Crippen molar-refractivity contribution in [3.8, 4) is 11.1 Å². The lowest BCUT2D eigenvalue weighted by molar-refractivity contribution is -0.0209. The van der Waals surface area contributed by atoms with E-state index in [0.29, 0.717) is 40.6 Å². The molecule has 3 aromatic rings. The van der Waals surface area contributed by atoms with Crippen LogP contribution in [0.25, 0.3) is 11.1 Å². The number of ether oxygens (including phenoxy) is 1. The van der Waals surface area contributed by atoms with Gasteiger partial charge in [-0.15, -0.1) is 0 Å². The van der Waals surface area contributed by atoms with Crippen LogP contribution in [0.5, 0.6) is 0 Å². The van der Waals surface area contributed by atoms with E-state index in [0.717, 1.165) is 29.5 Å². The zero-order valence-corrected chi connectivity index (χ0v) is 22.8. The molecule has 1 saturated carbocycles. The molecule has 1 fully saturated rings. The Hall–Kier alpha value is -2.77. The molecule has 3 N–H and O–H groups in total. The molecule has 5 nitrogen and oxygen atoms in total. The normalized spacial score (nSPS) is 15.3. The zero-order chi connectivity index (χ0) is 27.4. The standard InChI is InChI=1S/C31H35ClFNO4/c1-19-14-21(11-13-25(19)30(36)37)26-6-4-5-7-27(26)29(20-8-9-20)38-18-24(35)17-34-31(2,3)16-22-10-12-23(32)15-28(22)33/h4-7,10-15,20,24,29,34-35H,8-9,16-18H2,1-3H3,(H,36,37)/t24-,29?/m0/s1. The molecule has 0 aromatic heterocycles. The molecule has 0 amide bonds. The average Bonchev–Trinajstić information content (AvgIpc) is 3.70. The highest BCUT2D eigenvalue weighted by molar-refractivity contribution is 6.30. The predicted octanol–water partition coefficient (Wildman–Crippen LogP) is 6.59. The van der Waals surface area contributed by atoms with Gasteiger partial charge in [-0.25, -0.2) is 9.18 Å². The number of carboxylic acids is 1. The molecule has 38 heavy (non-hydrogen) atoms. The Bertz CT molecular complexity index is 1290. The number of aryl methyl sites for hydroxylation is 1. The van der Waals surface area contributed by atoms with Crippen molar-refractivity contribution in [2.45, 2.75) is 57.8 Å². The smallest absolute Gasteiger partial charge is 0.335 e. The fraction of sp³-hybridized carbons (Fsp3) is 0.387. The number of hydrogen-bond donors (Lipinski definition) is 3. The topological polar surface area (TPSA) is 78.8 Å². The number of rotatable bonds is 12. The zero-order valence-electron chi connectivity index (χ0n) is 22.0. The maximum absolute atomic E-state index is 14.3. The van der Waals surface area contributed by atoms with Crippen molar-refractivity contribution in [3.05, 3.63) is 93.8 Å². The van der Waals surface area contributed by atoms with Crippen LogP contribution in [0.2, 0.25) is 5.02 Å². The summed E-state index contributed by atoms with van der Waals surface area (Å²) in [4.78, 5) is 11.5. The van der Waals surface area contributed by atoms with Crippen LogP contribution >= 0.6 is 11.6 Å². The average molecular weight is 540 g/mol. The van der Waals surface area contributed by atoms with E-state index in [1.165, 1.54) is 6.07 Å². The molecule has 202 valence electrons. The minimum absolute atomic E-state index is 0.158. The Morgan fingerprint density at radius 1 is 1.16 bits per heavy atom. The highest BCUT2D eigenvalue weighted by Crippen LogP contribution is 2.46. The molecule has 0 radical (unpaired) electrons. The van der Waals surface area contributed by atoms with Crippen molar-refractivity contribution < 1.29 is 24.1 Å². The summed E-state index contributed by atoms with van der Waals surface area (Å²) in [5.74, 6) is -0.902. The van der Waals surface area contributed by atoms with E-state index in [1.54, 1.807) is 25.1 Å². The summed E-state index contributed by atoms with van der Waals surface area (Å²) in [5.41, 5.74) is 4.10. The number of hydrogen-bond acceptors (Lipinski definition) is 4. The molecule has 1 aliphatic carbocycles. The third kappa shape index (κ3) is 7.20. The molecule has 0 bridgehead atoms. The van der Waals surface area contributed by atoms with Crippen LogP contribution < -0.4 is 5.32 Å². The maximum Gasteiger partial charge on any atom is 0.335 e. The minimum Gasteiger partial charge on any atom is -0.478 e. The lowest BCUT2D eigenvalue weighted by atomic mass is 9.92. The van der Waals surface area contributed by atoms with E-state index in [9.17, 15) is 19.4 Å². The van der Waals surface area contributed by atoms with Gasteiger partial charge in [0.15, 0.2) is 0 Å². The van der Waals surface area contributed by atoms with Crippen molar-refractivity contribution in [1.82, 2.24) is 5.32 Å². The number of β-amino-alcohol motifs (C(OH)–C–C–N with tert-alkyl or cyclic N) is 1. The van der Waals surface area contributed by atoms with Crippen molar-refractivity contribution >= 4 is 17.6 Å².